The molecular weight excluding hydrogens is 595 g/mol. The molecule has 0 radical (unpaired) electrons. The van der Waals surface area contributed by atoms with E-state index in [4.69, 9.17) is 4.99 Å². The number of benzene rings is 8. The van der Waals surface area contributed by atoms with E-state index in [1.54, 1.807) is 0 Å². The number of aliphatic imine (C=N–C) groups is 1. The Morgan fingerprint density at radius 2 is 1.02 bits per heavy atom. The first-order valence-corrected chi connectivity index (χ1v) is 16.8. The normalized spacial score (nSPS) is 14.7. The molecule has 0 bridgehead atoms. The zero-order valence-corrected chi connectivity index (χ0v) is 26.7. The van der Waals surface area contributed by atoms with Gasteiger partial charge in [0.15, 0.2) is 0 Å². The Morgan fingerprint density at radius 3 is 1.67 bits per heavy atom. The third-order valence-corrected chi connectivity index (χ3v) is 9.96. The van der Waals surface area contributed by atoms with Crippen LogP contribution in [-0.4, -0.2) is 10.3 Å². The Labute approximate surface area is 284 Å². The van der Waals surface area contributed by atoms with Crippen molar-refractivity contribution < 1.29 is 0 Å². The minimum atomic E-state index is -0.211. The predicted molar refractivity (Wildman–Crippen MR) is 207 cm³/mol. The molecule has 1 unspecified atom stereocenters. The maximum absolute atomic E-state index is 5.35. The molecule has 0 fully saturated rings. The average molecular weight is 626 g/mol. The molecule has 10 rings (SSSR count). The Kier molecular flexibility index (Phi) is 6.25. The lowest BCUT2D eigenvalue weighted by atomic mass is 9.98. The Morgan fingerprint density at radius 1 is 0.469 bits per heavy atom. The number of aromatic nitrogens is 1. The zero-order chi connectivity index (χ0) is 32.3. The Bertz CT molecular complexity index is 2700. The van der Waals surface area contributed by atoms with Gasteiger partial charge in [0.05, 0.1) is 22.4 Å². The van der Waals surface area contributed by atoms with Crippen molar-refractivity contribution in [2.24, 2.45) is 4.99 Å². The lowest BCUT2D eigenvalue weighted by Crippen LogP contribution is -2.24. The summed E-state index contributed by atoms with van der Waals surface area (Å²) in [6, 6.07) is 61.1. The maximum Gasteiger partial charge on any atom is 0.145 e. The van der Waals surface area contributed by atoms with Gasteiger partial charge in [-0.3, -0.25) is 4.99 Å². The molecule has 1 aromatic heterocycles. The second-order valence-electron chi connectivity index (χ2n) is 12.8. The van der Waals surface area contributed by atoms with Crippen LogP contribution in [0.5, 0.6) is 0 Å². The average Bonchev–Trinajstić information content (AvgIpc) is 3.53. The van der Waals surface area contributed by atoms with Gasteiger partial charge in [-0.1, -0.05) is 146 Å². The van der Waals surface area contributed by atoms with Crippen molar-refractivity contribution in [3.05, 3.63) is 193 Å². The number of allylic oxidation sites excluding steroid dienone is 1. The second-order valence-corrected chi connectivity index (χ2v) is 12.8. The van der Waals surface area contributed by atoms with E-state index >= 15 is 0 Å². The van der Waals surface area contributed by atoms with E-state index in [0.717, 1.165) is 33.8 Å². The van der Waals surface area contributed by atoms with Crippen LogP contribution in [0.15, 0.2) is 181 Å². The van der Waals surface area contributed by atoms with Gasteiger partial charge in [0.2, 0.25) is 0 Å². The molecule has 3 nitrogen and oxygen atoms in total. The summed E-state index contributed by atoms with van der Waals surface area (Å²) in [5.41, 5.74) is 8.90. The van der Waals surface area contributed by atoms with Gasteiger partial charge in [0.1, 0.15) is 6.17 Å². The first-order valence-electron chi connectivity index (χ1n) is 16.8. The first-order chi connectivity index (χ1) is 24.3. The van der Waals surface area contributed by atoms with E-state index in [1.807, 2.05) is 0 Å². The predicted octanol–water partition coefficient (Wildman–Crippen LogP) is 11.4. The second kappa shape index (κ2) is 11.1. The lowest BCUT2D eigenvalue weighted by molar-refractivity contribution is 0.664. The molecule has 3 heteroatoms. The summed E-state index contributed by atoms with van der Waals surface area (Å²) in [6.07, 6.45) is 1.99. The number of nitrogens with zero attached hydrogens (tertiary/aromatic N) is 2. The lowest BCUT2D eigenvalue weighted by Gasteiger charge is -2.25. The zero-order valence-electron chi connectivity index (χ0n) is 26.7. The van der Waals surface area contributed by atoms with Gasteiger partial charge < -0.3 is 9.88 Å². The van der Waals surface area contributed by atoms with Crippen LogP contribution in [0, 0.1) is 0 Å². The molecule has 0 amide bonds. The van der Waals surface area contributed by atoms with E-state index in [2.05, 4.69) is 186 Å². The van der Waals surface area contributed by atoms with Crippen molar-refractivity contribution in [3.63, 3.8) is 0 Å². The summed E-state index contributed by atoms with van der Waals surface area (Å²) in [4.78, 5) is 5.35. The topological polar surface area (TPSA) is 29.3 Å². The van der Waals surface area contributed by atoms with Crippen LogP contribution in [0.2, 0.25) is 0 Å². The summed E-state index contributed by atoms with van der Waals surface area (Å²) in [6.45, 7) is 0. The number of fused-ring (bicyclic) bond motifs is 8. The number of nitrogens with one attached hydrogen (secondary N) is 1. The minimum Gasteiger partial charge on any atom is -0.360 e. The van der Waals surface area contributed by atoms with E-state index in [-0.39, 0.29) is 6.17 Å². The molecule has 1 aliphatic rings. The van der Waals surface area contributed by atoms with Gasteiger partial charge >= 0.3 is 0 Å². The van der Waals surface area contributed by atoms with Crippen LogP contribution in [-0.2, 0) is 0 Å². The molecular formula is C46H31N3. The van der Waals surface area contributed by atoms with Crippen LogP contribution >= 0.6 is 0 Å². The van der Waals surface area contributed by atoms with Crippen LogP contribution < -0.4 is 5.32 Å². The number of rotatable bonds is 4. The van der Waals surface area contributed by atoms with E-state index in [9.17, 15) is 0 Å². The van der Waals surface area contributed by atoms with Crippen molar-refractivity contribution in [1.82, 2.24) is 9.88 Å². The van der Waals surface area contributed by atoms with E-state index in [1.165, 1.54) is 54.1 Å². The van der Waals surface area contributed by atoms with Crippen LogP contribution in [0.4, 0.5) is 0 Å². The molecule has 2 heterocycles. The summed E-state index contributed by atoms with van der Waals surface area (Å²) < 4.78 is 2.48. The third-order valence-electron chi connectivity index (χ3n) is 9.96. The van der Waals surface area contributed by atoms with Gasteiger partial charge in [-0.25, -0.2) is 0 Å². The Hall–Kier alpha value is -6.45. The Balaban J connectivity index is 1.29. The molecule has 1 aliphatic heterocycles. The molecule has 0 spiro atoms. The monoisotopic (exact) mass is 625 g/mol. The molecule has 0 aliphatic carbocycles. The van der Waals surface area contributed by atoms with Crippen molar-refractivity contribution >= 4 is 65.5 Å². The number of hydrogen-bond donors (Lipinski definition) is 1. The highest BCUT2D eigenvalue weighted by Gasteiger charge is 2.22. The van der Waals surface area contributed by atoms with Crippen LogP contribution in [0.25, 0.3) is 65.5 Å². The largest absolute Gasteiger partial charge is 0.360 e. The maximum atomic E-state index is 5.35. The first kappa shape index (κ1) is 27.6. The molecule has 49 heavy (non-hydrogen) atoms. The molecule has 8 aromatic carbocycles. The highest BCUT2D eigenvalue weighted by molar-refractivity contribution is 6.29. The van der Waals surface area contributed by atoms with Gasteiger partial charge in [-0.05, 0) is 68.4 Å². The highest BCUT2D eigenvalue weighted by Crippen LogP contribution is 2.42. The molecule has 0 saturated heterocycles. The van der Waals surface area contributed by atoms with Gasteiger partial charge in [-0.2, -0.15) is 0 Å². The van der Waals surface area contributed by atoms with Crippen LogP contribution in [0.3, 0.4) is 0 Å². The van der Waals surface area contributed by atoms with Crippen molar-refractivity contribution in [3.8, 4) is 5.69 Å². The third kappa shape index (κ3) is 4.47. The standard InChI is InChI=1S/C46H31N3/c1-3-15-32(16-4-1)39-29-40(48-46(47-39)33-17-5-2-6-18-33)35-27-34-19-9-10-20-36(34)43(28-35)49-41-25-23-30-13-7-11-21-37(30)44(41)45-38-22-12-8-14-31(38)24-26-42(45)49/h1-29,46-47H. The van der Waals surface area contributed by atoms with E-state index in [0.29, 0.717) is 0 Å². The van der Waals surface area contributed by atoms with Gasteiger partial charge in [0.25, 0.3) is 0 Å². The van der Waals surface area contributed by atoms with Crippen molar-refractivity contribution in [1.29, 1.82) is 0 Å². The SMILES string of the molecule is C1=C(c2ccccc2)NC(c2ccccc2)N=C1c1cc(-n2c3ccc4ccccc4c3c3c4ccccc4ccc32)c2ccccc2c1. The fraction of sp³-hybridized carbons (Fsp3) is 0.0217. The molecule has 230 valence electrons. The summed E-state index contributed by atoms with van der Waals surface area (Å²) in [5.74, 6) is 0. The summed E-state index contributed by atoms with van der Waals surface area (Å²) in [7, 11) is 0. The van der Waals surface area contributed by atoms with Gasteiger partial charge in [0, 0.05) is 27.4 Å². The number of hydrogen-bond acceptors (Lipinski definition) is 2. The van der Waals surface area contributed by atoms with E-state index < -0.39 is 0 Å². The smallest absolute Gasteiger partial charge is 0.145 e. The summed E-state index contributed by atoms with van der Waals surface area (Å²) in [5, 5.41) is 13.7. The fourth-order valence-electron chi connectivity index (χ4n) is 7.70. The molecule has 0 saturated carbocycles. The molecule has 9 aromatic rings. The van der Waals surface area contributed by atoms with Gasteiger partial charge in [-0.15, -0.1) is 0 Å². The minimum absolute atomic E-state index is 0.211. The summed E-state index contributed by atoms with van der Waals surface area (Å²) >= 11 is 0. The fourth-order valence-corrected chi connectivity index (χ4v) is 7.70. The quantitative estimate of drug-likeness (QED) is 0.207. The molecule has 1 N–H and O–H groups in total. The highest BCUT2D eigenvalue weighted by atomic mass is 15.1. The van der Waals surface area contributed by atoms with Crippen molar-refractivity contribution in [2.75, 3.05) is 0 Å². The van der Waals surface area contributed by atoms with Crippen LogP contribution in [0.1, 0.15) is 22.9 Å². The van der Waals surface area contributed by atoms with Crippen molar-refractivity contribution in [2.45, 2.75) is 6.17 Å². The molecule has 1 atom stereocenters.